The van der Waals surface area contributed by atoms with Crippen LogP contribution in [-0.4, -0.2) is 66.9 Å². The van der Waals surface area contributed by atoms with Crippen LogP contribution in [0.25, 0.3) is 0 Å². The number of amides is 2. The second-order valence-corrected chi connectivity index (χ2v) is 6.57. The molecule has 1 unspecified atom stereocenters. The number of piperazine rings is 1. The first-order chi connectivity index (χ1) is 13.0. The Morgan fingerprint density at radius 1 is 1.33 bits per heavy atom. The zero-order chi connectivity index (χ0) is 19.8. The number of nitrogens with zero attached hydrogens (tertiary/aromatic N) is 2. The fourth-order valence-corrected chi connectivity index (χ4v) is 3.20. The van der Waals surface area contributed by atoms with Gasteiger partial charge in [-0.25, -0.2) is 8.78 Å². The predicted octanol–water partition coefficient (Wildman–Crippen LogP) is 1.11. The highest BCUT2D eigenvalue weighted by Crippen LogP contribution is 2.18. The summed E-state index contributed by atoms with van der Waals surface area (Å²) in [6, 6.07) is 3.29. The van der Waals surface area contributed by atoms with Gasteiger partial charge in [-0.15, -0.1) is 0 Å². The number of rotatable bonds is 9. The van der Waals surface area contributed by atoms with Gasteiger partial charge in [0.05, 0.1) is 12.5 Å². The largest absolute Gasteiger partial charge is 0.355 e. The summed E-state index contributed by atoms with van der Waals surface area (Å²) in [5, 5.41) is 5.57. The lowest BCUT2D eigenvalue weighted by atomic mass is 10.1. The maximum Gasteiger partial charge on any atom is 0.237 e. The molecule has 1 aliphatic heterocycles. The minimum absolute atomic E-state index is 0.0129. The van der Waals surface area contributed by atoms with Crippen molar-refractivity contribution in [3.63, 3.8) is 0 Å². The predicted molar refractivity (Wildman–Crippen MR) is 99.0 cm³/mol. The molecule has 1 aromatic carbocycles. The average molecular weight is 382 g/mol. The number of likely N-dealkylation sites (N-methyl/N-ethyl adjacent to an activating group) is 1. The van der Waals surface area contributed by atoms with E-state index < -0.39 is 17.7 Å². The van der Waals surface area contributed by atoms with Crippen LogP contribution in [0.4, 0.5) is 8.78 Å². The molecule has 8 heteroatoms. The molecule has 150 valence electrons. The highest BCUT2D eigenvalue weighted by Gasteiger charge is 2.32. The Balaban J connectivity index is 1.96. The van der Waals surface area contributed by atoms with E-state index in [0.717, 1.165) is 25.7 Å². The van der Waals surface area contributed by atoms with E-state index in [4.69, 9.17) is 0 Å². The molecule has 0 radical (unpaired) electrons. The maximum absolute atomic E-state index is 14.0. The number of nitrogens with one attached hydrogen (secondary N) is 2. The molecule has 0 aliphatic carbocycles. The van der Waals surface area contributed by atoms with Gasteiger partial charge in [0, 0.05) is 38.3 Å². The molecule has 2 N–H and O–H groups in total. The molecule has 6 nitrogen and oxygen atoms in total. The van der Waals surface area contributed by atoms with Crippen molar-refractivity contribution in [3.8, 4) is 0 Å². The van der Waals surface area contributed by atoms with Crippen LogP contribution in [0.1, 0.15) is 25.8 Å². The Morgan fingerprint density at radius 3 is 2.78 bits per heavy atom. The van der Waals surface area contributed by atoms with Crippen LogP contribution in [0.15, 0.2) is 18.2 Å². The first kappa shape index (κ1) is 21.2. The number of carbonyl (C=O) groups is 2. The maximum atomic E-state index is 14.0. The van der Waals surface area contributed by atoms with E-state index in [0.29, 0.717) is 19.6 Å². The number of halogens is 2. The summed E-state index contributed by atoms with van der Waals surface area (Å²) in [5.41, 5.74) is 0.177. The molecular weight excluding hydrogens is 354 g/mol. The quantitative estimate of drug-likeness (QED) is 0.672. The van der Waals surface area contributed by atoms with Gasteiger partial charge in [0.1, 0.15) is 0 Å². The Labute approximate surface area is 158 Å². The van der Waals surface area contributed by atoms with Gasteiger partial charge in [-0.05, 0) is 19.2 Å². The lowest BCUT2D eigenvalue weighted by molar-refractivity contribution is -0.134. The summed E-state index contributed by atoms with van der Waals surface area (Å²) in [5.74, 6) is -2.32. The van der Waals surface area contributed by atoms with Crippen molar-refractivity contribution in [2.24, 2.45) is 0 Å². The molecule has 1 heterocycles. The van der Waals surface area contributed by atoms with Gasteiger partial charge in [-0.3, -0.25) is 14.5 Å². The van der Waals surface area contributed by atoms with E-state index in [9.17, 15) is 18.4 Å². The summed E-state index contributed by atoms with van der Waals surface area (Å²) in [6.45, 7) is 8.14. The molecule has 0 spiro atoms. The Bertz CT molecular complexity index is 653. The molecule has 1 aliphatic rings. The third-order valence-corrected chi connectivity index (χ3v) is 4.87. The Morgan fingerprint density at radius 2 is 2.07 bits per heavy atom. The van der Waals surface area contributed by atoms with Gasteiger partial charge in [0.15, 0.2) is 11.6 Å². The number of hydrogen-bond acceptors (Lipinski definition) is 4. The molecule has 2 rings (SSSR count). The minimum atomic E-state index is -0.917. The second-order valence-electron chi connectivity index (χ2n) is 6.57. The third kappa shape index (κ3) is 5.97. The summed E-state index contributed by atoms with van der Waals surface area (Å²) in [6.07, 6.45) is -0.0129. The Kier molecular flexibility index (Phi) is 8.12. The van der Waals surface area contributed by atoms with Crippen molar-refractivity contribution in [3.05, 3.63) is 35.4 Å². The smallest absolute Gasteiger partial charge is 0.237 e. The zero-order valence-corrected chi connectivity index (χ0v) is 15.9. The lowest BCUT2D eigenvalue weighted by Crippen LogP contribution is -2.56. The minimum Gasteiger partial charge on any atom is -0.355 e. The summed E-state index contributed by atoms with van der Waals surface area (Å²) >= 11 is 0. The van der Waals surface area contributed by atoms with Crippen LogP contribution in [0.5, 0.6) is 0 Å². The van der Waals surface area contributed by atoms with E-state index in [2.05, 4.69) is 29.4 Å². The fraction of sp³-hybridized carbons (Fsp3) is 0.579. The van der Waals surface area contributed by atoms with E-state index in [1.165, 1.54) is 12.1 Å². The van der Waals surface area contributed by atoms with Crippen LogP contribution < -0.4 is 10.6 Å². The summed E-state index contributed by atoms with van der Waals surface area (Å²) < 4.78 is 27.4. The first-order valence-corrected chi connectivity index (χ1v) is 9.39. The average Bonchev–Trinajstić information content (AvgIpc) is 2.65. The van der Waals surface area contributed by atoms with Gasteiger partial charge in [-0.1, -0.05) is 26.0 Å². The van der Waals surface area contributed by atoms with Gasteiger partial charge >= 0.3 is 0 Å². The fourth-order valence-electron chi connectivity index (χ4n) is 3.20. The topological polar surface area (TPSA) is 64.7 Å². The molecule has 2 amide bonds. The monoisotopic (exact) mass is 382 g/mol. The molecule has 0 saturated carbocycles. The van der Waals surface area contributed by atoms with Crippen molar-refractivity contribution >= 4 is 11.8 Å². The molecule has 1 aromatic rings. The third-order valence-electron chi connectivity index (χ3n) is 4.87. The van der Waals surface area contributed by atoms with Crippen molar-refractivity contribution in [2.45, 2.75) is 32.9 Å². The van der Waals surface area contributed by atoms with Gasteiger partial charge in [-0.2, -0.15) is 0 Å². The first-order valence-electron chi connectivity index (χ1n) is 9.39. The molecule has 27 heavy (non-hydrogen) atoms. The van der Waals surface area contributed by atoms with Crippen molar-refractivity contribution in [1.82, 2.24) is 20.4 Å². The van der Waals surface area contributed by atoms with Crippen LogP contribution in [0.3, 0.4) is 0 Å². The molecule has 0 bridgehead atoms. The van der Waals surface area contributed by atoms with Crippen LogP contribution in [0.2, 0.25) is 0 Å². The van der Waals surface area contributed by atoms with Crippen molar-refractivity contribution < 1.29 is 18.4 Å². The highest BCUT2D eigenvalue weighted by molar-refractivity contribution is 5.88. The van der Waals surface area contributed by atoms with E-state index in [1.54, 1.807) is 4.90 Å². The van der Waals surface area contributed by atoms with E-state index in [1.807, 2.05) is 0 Å². The normalized spacial score (nSPS) is 17.8. The molecule has 1 saturated heterocycles. The molecule has 1 fully saturated rings. The van der Waals surface area contributed by atoms with Crippen molar-refractivity contribution in [1.29, 1.82) is 0 Å². The van der Waals surface area contributed by atoms with Crippen molar-refractivity contribution in [2.75, 3.05) is 39.3 Å². The number of carbonyl (C=O) groups excluding carboxylic acids is 2. The molecular formula is C19H28F2N4O2. The van der Waals surface area contributed by atoms with Crippen LogP contribution >= 0.6 is 0 Å². The zero-order valence-electron chi connectivity index (χ0n) is 15.9. The SMILES string of the molecule is CCN(CC)CCNC(=O)CC1C(=O)NCCN1Cc1cccc(F)c1F. The number of hydrogen-bond donors (Lipinski definition) is 2. The van der Waals surface area contributed by atoms with Crippen LogP contribution in [-0.2, 0) is 16.1 Å². The Hall–Kier alpha value is -2.06. The summed E-state index contributed by atoms with van der Waals surface area (Å²) in [4.78, 5) is 28.4. The number of benzene rings is 1. The van der Waals surface area contributed by atoms with E-state index in [-0.39, 0.29) is 30.3 Å². The molecule has 0 aromatic heterocycles. The second kappa shape index (κ2) is 10.3. The van der Waals surface area contributed by atoms with Crippen LogP contribution in [0, 0.1) is 11.6 Å². The van der Waals surface area contributed by atoms with Gasteiger partial charge in [0.25, 0.3) is 0 Å². The van der Waals surface area contributed by atoms with Gasteiger partial charge in [0.2, 0.25) is 11.8 Å². The molecule has 1 atom stereocenters. The lowest BCUT2D eigenvalue weighted by Gasteiger charge is -2.34. The highest BCUT2D eigenvalue weighted by atomic mass is 19.2. The van der Waals surface area contributed by atoms with E-state index >= 15 is 0 Å². The van der Waals surface area contributed by atoms with Gasteiger partial charge < -0.3 is 15.5 Å². The summed E-state index contributed by atoms with van der Waals surface area (Å²) in [7, 11) is 0. The standard InChI is InChI=1S/C19H28F2N4O2/c1-3-24(4-2)10-8-22-17(26)12-16-19(27)23-9-11-25(16)13-14-6-5-7-15(20)18(14)21/h5-7,16H,3-4,8-13H2,1-2H3,(H,22,26)(H,23,27).